The predicted octanol–water partition coefficient (Wildman–Crippen LogP) is 12.4. The van der Waals surface area contributed by atoms with Gasteiger partial charge in [0.05, 0.1) is 0 Å². The zero-order valence-corrected chi connectivity index (χ0v) is 27.1. The molecule has 8 aromatic rings. The minimum atomic E-state index is 0.873. The van der Waals surface area contributed by atoms with E-state index in [9.17, 15) is 0 Å². The zero-order valence-electron chi connectivity index (χ0n) is 26.3. The molecule has 0 bridgehead atoms. The molecule has 1 aliphatic rings. The Morgan fingerprint density at radius 3 is 1.75 bits per heavy atom. The summed E-state index contributed by atoms with van der Waals surface area (Å²) in [4.78, 5) is 3.74. The highest BCUT2D eigenvalue weighted by Gasteiger charge is 2.21. The molecule has 0 radical (unpaired) electrons. The van der Waals surface area contributed by atoms with E-state index in [0.717, 1.165) is 23.6 Å². The molecule has 0 saturated heterocycles. The lowest BCUT2D eigenvalue weighted by Crippen LogP contribution is -2.12. The van der Waals surface area contributed by atoms with E-state index in [4.69, 9.17) is 0 Å². The van der Waals surface area contributed by atoms with Gasteiger partial charge in [-0.05, 0) is 81.1 Å². The quantitative estimate of drug-likeness (QED) is 0.196. The monoisotopic (exact) mass is 632 g/mol. The molecule has 1 aromatic heterocycles. The molecule has 0 atom stereocenters. The average Bonchev–Trinajstić information content (AvgIpc) is 3.55. The maximum Gasteiger partial charge on any atom is 0.0495 e. The van der Waals surface area contributed by atoms with Crippen molar-refractivity contribution in [3.05, 3.63) is 192 Å². The summed E-state index contributed by atoms with van der Waals surface area (Å²) in [6.07, 6.45) is 2.18. The molecule has 0 aliphatic carbocycles. The van der Waals surface area contributed by atoms with Crippen LogP contribution in [0.1, 0.15) is 16.0 Å². The van der Waals surface area contributed by atoms with Crippen LogP contribution in [0, 0.1) is 0 Å². The van der Waals surface area contributed by atoms with Crippen LogP contribution in [0.2, 0.25) is 0 Å². The van der Waals surface area contributed by atoms with E-state index >= 15 is 0 Å². The number of fused-ring (bicyclic) bond motifs is 4. The average molecular weight is 633 g/mol. The number of thiophene rings is 1. The molecule has 48 heavy (non-hydrogen) atoms. The van der Waals surface area contributed by atoms with E-state index in [1.807, 2.05) is 11.3 Å². The maximum absolute atomic E-state index is 3.53. The first-order valence-corrected chi connectivity index (χ1v) is 17.2. The molecule has 0 amide bonds. The Labute approximate surface area is 284 Å². The maximum atomic E-state index is 3.53. The van der Waals surface area contributed by atoms with Crippen LogP contribution in [0.3, 0.4) is 0 Å². The third kappa shape index (κ3) is 5.06. The molecule has 0 unspecified atom stereocenters. The van der Waals surface area contributed by atoms with Crippen LogP contribution in [0.25, 0.3) is 48.7 Å². The van der Waals surface area contributed by atoms with Crippen LogP contribution in [0.15, 0.2) is 176 Å². The van der Waals surface area contributed by atoms with Crippen LogP contribution in [0.4, 0.5) is 17.1 Å². The molecule has 1 N–H and O–H groups in total. The van der Waals surface area contributed by atoms with Gasteiger partial charge in [-0.2, -0.15) is 0 Å². The number of hydrogen-bond acceptors (Lipinski definition) is 3. The summed E-state index contributed by atoms with van der Waals surface area (Å²) in [5, 5.41) is 7.38. The number of benzene rings is 7. The van der Waals surface area contributed by atoms with Gasteiger partial charge in [-0.3, -0.25) is 0 Å². The Bertz CT molecular complexity index is 2420. The summed E-state index contributed by atoms with van der Waals surface area (Å²) in [6, 6.07) is 61.4. The number of anilines is 3. The van der Waals surface area contributed by atoms with E-state index < -0.39 is 0 Å². The summed E-state index contributed by atoms with van der Waals surface area (Å²) in [5.41, 5.74) is 12.0. The Morgan fingerprint density at radius 2 is 1.02 bits per heavy atom. The van der Waals surface area contributed by atoms with E-state index in [1.165, 1.54) is 64.7 Å². The lowest BCUT2D eigenvalue weighted by molar-refractivity contribution is 0.872. The van der Waals surface area contributed by atoms with Crippen LogP contribution >= 0.6 is 11.3 Å². The van der Waals surface area contributed by atoms with Crippen LogP contribution in [-0.2, 0) is 6.54 Å². The van der Waals surface area contributed by atoms with Gasteiger partial charge in [0.1, 0.15) is 0 Å². The largest absolute Gasteiger partial charge is 0.385 e. The summed E-state index contributed by atoms with van der Waals surface area (Å²) in [7, 11) is 0. The van der Waals surface area contributed by atoms with Gasteiger partial charge in [0.15, 0.2) is 0 Å². The van der Waals surface area contributed by atoms with E-state index in [-0.39, 0.29) is 0 Å². The highest BCUT2D eigenvalue weighted by atomic mass is 32.1. The lowest BCUT2D eigenvalue weighted by Gasteiger charge is -2.26. The normalized spacial score (nSPS) is 12.4. The lowest BCUT2D eigenvalue weighted by atomic mass is 9.94. The van der Waals surface area contributed by atoms with Crippen LogP contribution < -0.4 is 10.2 Å². The fraction of sp³-hybridized carbons (Fsp3) is 0.0222. The zero-order chi connectivity index (χ0) is 31.9. The third-order valence-corrected chi connectivity index (χ3v) is 10.5. The number of nitrogens with one attached hydrogen (secondary N) is 1. The van der Waals surface area contributed by atoms with Crippen molar-refractivity contribution in [2.75, 3.05) is 4.90 Å². The van der Waals surface area contributed by atoms with Crippen molar-refractivity contribution in [3.63, 3.8) is 0 Å². The van der Waals surface area contributed by atoms with Crippen LogP contribution in [0.5, 0.6) is 0 Å². The highest BCUT2D eigenvalue weighted by molar-refractivity contribution is 7.19. The molecule has 0 spiro atoms. The minimum Gasteiger partial charge on any atom is -0.385 e. The molecular formula is C45H32N2S. The molecule has 0 fully saturated rings. The smallest absolute Gasteiger partial charge is 0.0495 e. The van der Waals surface area contributed by atoms with Crippen LogP contribution in [-0.4, -0.2) is 0 Å². The SMILES string of the molecule is C1=C(c2ccc(N(c3ccc(-c4ccccc4)cc3)c3ccc(-c4cccc5ccccc45)cc3)cc2)c2c(sc3ccccc23)CN1. The Morgan fingerprint density at radius 1 is 0.458 bits per heavy atom. The van der Waals surface area contributed by atoms with Crippen molar-refractivity contribution in [2.24, 2.45) is 0 Å². The molecule has 0 saturated carbocycles. The summed E-state index contributed by atoms with van der Waals surface area (Å²) in [6.45, 7) is 0.873. The van der Waals surface area contributed by atoms with Crippen molar-refractivity contribution in [3.8, 4) is 22.3 Å². The molecule has 2 nitrogen and oxygen atoms in total. The fourth-order valence-electron chi connectivity index (χ4n) is 7.00. The Kier molecular flexibility index (Phi) is 7.10. The first kappa shape index (κ1) is 28.3. The van der Waals surface area contributed by atoms with Gasteiger partial charge in [0.25, 0.3) is 0 Å². The molecule has 9 rings (SSSR count). The first-order chi connectivity index (χ1) is 23.8. The van der Waals surface area contributed by atoms with E-state index in [0.29, 0.717) is 0 Å². The molecule has 2 heterocycles. The van der Waals surface area contributed by atoms with Crippen molar-refractivity contribution >= 4 is 54.8 Å². The van der Waals surface area contributed by atoms with Gasteiger partial charge in [0, 0.05) is 55.9 Å². The fourth-order valence-corrected chi connectivity index (χ4v) is 8.17. The summed E-state index contributed by atoms with van der Waals surface area (Å²) >= 11 is 1.89. The number of hydrogen-bond donors (Lipinski definition) is 1. The Hall–Kier alpha value is -5.90. The summed E-state index contributed by atoms with van der Waals surface area (Å²) in [5.74, 6) is 0. The van der Waals surface area contributed by atoms with Crippen molar-refractivity contribution in [1.29, 1.82) is 0 Å². The van der Waals surface area contributed by atoms with Crippen molar-refractivity contribution in [1.82, 2.24) is 5.32 Å². The molecule has 7 aromatic carbocycles. The van der Waals surface area contributed by atoms with Gasteiger partial charge in [-0.15, -0.1) is 11.3 Å². The van der Waals surface area contributed by atoms with Gasteiger partial charge in [0.2, 0.25) is 0 Å². The number of rotatable bonds is 6. The minimum absolute atomic E-state index is 0.873. The first-order valence-electron chi connectivity index (χ1n) is 16.4. The number of nitrogens with zero attached hydrogens (tertiary/aromatic N) is 1. The van der Waals surface area contributed by atoms with Crippen molar-refractivity contribution in [2.45, 2.75) is 6.54 Å². The van der Waals surface area contributed by atoms with Gasteiger partial charge >= 0.3 is 0 Å². The van der Waals surface area contributed by atoms with Crippen molar-refractivity contribution < 1.29 is 0 Å². The van der Waals surface area contributed by atoms with E-state index in [2.05, 4.69) is 186 Å². The second kappa shape index (κ2) is 12.0. The molecule has 3 heteroatoms. The second-order valence-corrected chi connectivity index (χ2v) is 13.3. The van der Waals surface area contributed by atoms with Gasteiger partial charge < -0.3 is 10.2 Å². The topological polar surface area (TPSA) is 15.3 Å². The second-order valence-electron chi connectivity index (χ2n) is 12.2. The van der Waals surface area contributed by atoms with Gasteiger partial charge in [-0.1, -0.05) is 127 Å². The van der Waals surface area contributed by atoms with Gasteiger partial charge in [-0.25, -0.2) is 0 Å². The molecule has 1 aliphatic heterocycles. The predicted molar refractivity (Wildman–Crippen MR) is 205 cm³/mol. The molecular weight excluding hydrogens is 601 g/mol. The van der Waals surface area contributed by atoms with E-state index in [1.54, 1.807) is 0 Å². The summed E-state index contributed by atoms with van der Waals surface area (Å²) < 4.78 is 1.34. The standard InChI is InChI=1S/C45H32N2S/c1-2-9-31(10-3-1)32-17-23-36(24-18-32)47(37-25-19-34(20-26-37)40-15-8-12-33-11-4-5-13-39(33)40)38-27-21-35(22-28-38)42-29-46-30-44-45(42)41-14-6-7-16-43(41)48-44/h1-29,46H,30H2. The Balaban J connectivity index is 1.11. The molecule has 228 valence electrons. The highest BCUT2D eigenvalue weighted by Crippen LogP contribution is 2.42. The third-order valence-electron chi connectivity index (χ3n) is 9.34.